The number of hydrogen-bond donors (Lipinski definition) is 0. The van der Waals surface area contributed by atoms with Gasteiger partial charge in [0, 0.05) is 28.9 Å². The van der Waals surface area contributed by atoms with Gasteiger partial charge in [-0.05, 0) is 42.0 Å². The first-order chi connectivity index (χ1) is 10.3. The lowest BCUT2D eigenvalue weighted by Crippen LogP contribution is -2.38. The Morgan fingerprint density at radius 1 is 1.00 bits per heavy atom. The molecule has 1 nitrogen and oxygen atoms in total. The fourth-order valence-electron chi connectivity index (χ4n) is 3.68. The van der Waals surface area contributed by atoms with Gasteiger partial charge in [0.25, 0.3) is 0 Å². The summed E-state index contributed by atoms with van der Waals surface area (Å²) in [5.74, 6) is 0.758. The van der Waals surface area contributed by atoms with Crippen molar-refractivity contribution in [3.63, 3.8) is 0 Å². The molecule has 0 N–H and O–H groups in total. The van der Waals surface area contributed by atoms with Gasteiger partial charge >= 0.3 is 0 Å². The number of para-hydroxylation sites is 1. The van der Waals surface area contributed by atoms with Crippen molar-refractivity contribution in [2.24, 2.45) is 5.92 Å². The van der Waals surface area contributed by atoms with Gasteiger partial charge in [0.1, 0.15) is 0 Å². The van der Waals surface area contributed by atoms with E-state index in [0.717, 1.165) is 5.92 Å². The van der Waals surface area contributed by atoms with E-state index in [1.54, 1.807) is 0 Å². The largest absolute Gasteiger partial charge is 0.370 e. The minimum absolute atomic E-state index is 0.695. The zero-order valence-corrected chi connectivity index (χ0v) is 13.3. The molecule has 0 bridgehead atoms. The van der Waals surface area contributed by atoms with Crippen LogP contribution in [0.15, 0.2) is 53.4 Å². The van der Waals surface area contributed by atoms with Crippen molar-refractivity contribution in [2.45, 2.75) is 29.9 Å². The first-order valence-electron chi connectivity index (χ1n) is 7.87. The average molecular weight is 295 g/mol. The van der Waals surface area contributed by atoms with Gasteiger partial charge in [-0.1, -0.05) is 43.3 Å². The summed E-state index contributed by atoms with van der Waals surface area (Å²) < 4.78 is 0. The summed E-state index contributed by atoms with van der Waals surface area (Å²) in [5, 5.41) is 0.695. The van der Waals surface area contributed by atoms with E-state index in [-0.39, 0.29) is 0 Å². The molecule has 108 valence electrons. The predicted molar refractivity (Wildman–Crippen MR) is 91.3 cm³/mol. The lowest BCUT2D eigenvalue weighted by atomic mass is 9.93. The Morgan fingerprint density at radius 3 is 2.62 bits per heavy atom. The van der Waals surface area contributed by atoms with Gasteiger partial charge in [-0.15, -0.1) is 11.8 Å². The third-order valence-corrected chi connectivity index (χ3v) is 5.87. The van der Waals surface area contributed by atoms with Crippen LogP contribution in [0.5, 0.6) is 0 Å². The molecule has 0 radical (unpaired) electrons. The van der Waals surface area contributed by atoms with Crippen LogP contribution in [0.1, 0.15) is 18.1 Å². The molecule has 4 rings (SSSR count). The summed E-state index contributed by atoms with van der Waals surface area (Å²) in [6.07, 6.45) is 2.44. The Hall–Kier alpha value is -1.41. The Morgan fingerprint density at radius 2 is 1.76 bits per heavy atom. The molecule has 0 amide bonds. The van der Waals surface area contributed by atoms with Crippen LogP contribution in [0.2, 0.25) is 0 Å². The molecule has 0 saturated heterocycles. The maximum absolute atomic E-state index is 2.62. The third kappa shape index (κ3) is 2.57. The van der Waals surface area contributed by atoms with E-state index in [2.05, 4.69) is 72.1 Å². The second-order valence-electron chi connectivity index (χ2n) is 6.39. The van der Waals surface area contributed by atoms with Gasteiger partial charge in [0.15, 0.2) is 0 Å². The van der Waals surface area contributed by atoms with Crippen LogP contribution in [-0.2, 0) is 12.8 Å². The molecule has 0 aliphatic carbocycles. The van der Waals surface area contributed by atoms with Crippen molar-refractivity contribution in [1.29, 1.82) is 0 Å². The minimum Gasteiger partial charge on any atom is -0.370 e. The zero-order valence-electron chi connectivity index (χ0n) is 12.5. The normalized spacial score (nSPS) is 23.8. The van der Waals surface area contributed by atoms with Crippen molar-refractivity contribution in [3.8, 4) is 0 Å². The molecule has 21 heavy (non-hydrogen) atoms. The average Bonchev–Trinajstić information content (AvgIpc) is 2.89. The number of fused-ring (bicyclic) bond motifs is 2. The molecule has 0 spiro atoms. The molecule has 2 aromatic rings. The number of thioether (sulfide) groups is 1. The highest BCUT2D eigenvalue weighted by Crippen LogP contribution is 2.39. The van der Waals surface area contributed by atoms with Gasteiger partial charge in [-0.25, -0.2) is 0 Å². The number of benzene rings is 2. The van der Waals surface area contributed by atoms with E-state index in [1.165, 1.54) is 47.6 Å². The van der Waals surface area contributed by atoms with E-state index in [0.29, 0.717) is 5.25 Å². The van der Waals surface area contributed by atoms with Gasteiger partial charge in [0.2, 0.25) is 0 Å². The Balaban J connectivity index is 1.54. The molecular formula is C19H21NS. The van der Waals surface area contributed by atoms with Crippen LogP contribution in [-0.4, -0.2) is 18.3 Å². The van der Waals surface area contributed by atoms with E-state index in [9.17, 15) is 0 Å². The highest BCUT2D eigenvalue weighted by Gasteiger charge is 2.27. The summed E-state index contributed by atoms with van der Waals surface area (Å²) in [6, 6.07) is 17.8. The van der Waals surface area contributed by atoms with Crippen LogP contribution in [0, 0.1) is 5.92 Å². The molecule has 2 heterocycles. The molecule has 2 aliphatic heterocycles. The molecule has 2 atom stereocenters. The standard InChI is InChI=1S/C19H21NS/c1-14-10-15-6-2-4-8-18(15)20(12-14)13-17-11-16-7-3-5-9-19(16)21-17/h2-9,14,17H,10-13H2,1H3. The first-order valence-corrected chi connectivity index (χ1v) is 8.75. The lowest BCUT2D eigenvalue weighted by Gasteiger charge is -2.36. The molecule has 2 aromatic carbocycles. The maximum atomic E-state index is 2.62. The highest BCUT2D eigenvalue weighted by atomic mass is 32.2. The second kappa shape index (κ2) is 5.42. The number of rotatable bonds is 2. The van der Waals surface area contributed by atoms with Gasteiger partial charge < -0.3 is 4.90 Å². The zero-order chi connectivity index (χ0) is 14.2. The van der Waals surface area contributed by atoms with Crippen molar-refractivity contribution < 1.29 is 0 Å². The Bertz CT molecular complexity index is 627. The van der Waals surface area contributed by atoms with Crippen molar-refractivity contribution in [1.82, 2.24) is 0 Å². The van der Waals surface area contributed by atoms with Crippen molar-refractivity contribution in [2.75, 3.05) is 18.0 Å². The lowest BCUT2D eigenvalue weighted by molar-refractivity contribution is 0.529. The molecule has 2 heteroatoms. The Labute approximate surface area is 131 Å². The molecule has 2 unspecified atom stereocenters. The minimum atomic E-state index is 0.695. The summed E-state index contributed by atoms with van der Waals surface area (Å²) >= 11 is 2.06. The van der Waals surface area contributed by atoms with Gasteiger partial charge in [-0.3, -0.25) is 0 Å². The summed E-state index contributed by atoms with van der Waals surface area (Å²) in [6.45, 7) is 4.74. The molecule has 2 aliphatic rings. The fourth-order valence-corrected chi connectivity index (χ4v) is 5.02. The smallest absolute Gasteiger partial charge is 0.0399 e. The van der Waals surface area contributed by atoms with E-state index in [4.69, 9.17) is 0 Å². The third-order valence-electron chi connectivity index (χ3n) is 4.57. The second-order valence-corrected chi connectivity index (χ2v) is 7.74. The highest BCUT2D eigenvalue weighted by molar-refractivity contribution is 8.00. The molecule has 0 aromatic heterocycles. The number of hydrogen-bond acceptors (Lipinski definition) is 2. The summed E-state index contributed by atoms with van der Waals surface area (Å²) in [7, 11) is 0. The monoisotopic (exact) mass is 295 g/mol. The van der Waals surface area contributed by atoms with Crippen LogP contribution in [0.3, 0.4) is 0 Å². The first kappa shape index (κ1) is 13.3. The summed E-state index contributed by atoms with van der Waals surface area (Å²) in [4.78, 5) is 4.10. The topological polar surface area (TPSA) is 3.24 Å². The SMILES string of the molecule is CC1Cc2ccccc2N(CC2Cc3ccccc3S2)C1. The van der Waals surface area contributed by atoms with E-state index < -0.39 is 0 Å². The number of nitrogens with zero attached hydrogens (tertiary/aromatic N) is 1. The van der Waals surface area contributed by atoms with Crippen LogP contribution >= 0.6 is 11.8 Å². The molecular weight excluding hydrogens is 274 g/mol. The van der Waals surface area contributed by atoms with Crippen molar-refractivity contribution in [3.05, 3.63) is 59.7 Å². The molecule has 0 saturated carbocycles. The van der Waals surface area contributed by atoms with Crippen molar-refractivity contribution >= 4 is 17.4 Å². The number of anilines is 1. The Kier molecular flexibility index (Phi) is 3.42. The van der Waals surface area contributed by atoms with Crippen LogP contribution in [0.4, 0.5) is 5.69 Å². The maximum Gasteiger partial charge on any atom is 0.0399 e. The van der Waals surface area contributed by atoms with Crippen LogP contribution < -0.4 is 4.90 Å². The summed E-state index contributed by atoms with van der Waals surface area (Å²) in [5.41, 5.74) is 4.52. The van der Waals surface area contributed by atoms with Crippen LogP contribution in [0.25, 0.3) is 0 Å². The predicted octanol–water partition coefficient (Wildman–Crippen LogP) is 4.40. The van der Waals surface area contributed by atoms with Gasteiger partial charge in [0.05, 0.1) is 0 Å². The van der Waals surface area contributed by atoms with Gasteiger partial charge in [-0.2, -0.15) is 0 Å². The quantitative estimate of drug-likeness (QED) is 0.808. The van der Waals surface area contributed by atoms with E-state index >= 15 is 0 Å². The van der Waals surface area contributed by atoms with E-state index in [1.807, 2.05) is 0 Å². The fraction of sp³-hybridized carbons (Fsp3) is 0.368. The molecule has 0 fully saturated rings.